The van der Waals surface area contributed by atoms with Gasteiger partial charge in [0, 0.05) is 25.0 Å². The summed E-state index contributed by atoms with van der Waals surface area (Å²) >= 11 is 0. The molecule has 0 aliphatic carbocycles. The summed E-state index contributed by atoms with van der Waals surface area (Å²) in [5.74, 6) is 0.767. The number of sulfone groups is 1. The van der Waals surface area contributed by atoms with Crippen molar-refractivity contribution in [3.05, 3.63) is 24.3 Å². The molecule has 0 radical (unpaired) electrons. The van der Waals surface area contributed by atoms with E-state index in [0.29, 0.717) is 4.90 Å². The van der Waals surface area contributed by atoms with Gasteiger partial charge in [-0.15, -0.1) is 0 Å². The maximum absolute atomic E-state index is 11.5. The molecule has 5 heteroatoms. The molecule has 21 heavy (non-hydrogen) atoms. The minimum Gasteiger partial charge on any atom is -0.372 e. The molecule has 1 aliphatic heterocycles. The molecule has 1 aliphatic rings. The molecule has 0 amide bonds. The molecule has 2 rings (SSSR count). The van der Waals surface area contributed by atoms with Gasteiger partial charge in [-0.2, -0.15) is 0 Å². The van der Waals surface area contributed by atoms with Crippen LogP contribution >= 0.6 is 0 Å². The monoisotopic (exact) mass is 310 g/mol. The molecule has 0 saturated carbocycles. The number of nitrogens with one attached hydrogen (secondary N) is 1. The van der Waals surface area contributed by atoms with E-state index < -0.39 is 9.84 Å². The second kappa shape index (κ2) is 7.27. The van der Waals surface area contributed by atoms with Crippen LogP contribution in [0.3, 0.4) is 0 Å². The summed E-state index contributed by atoms with van der Waals surface area (Å²) in [6.45, 7) is 6.52. The average molecular weight is 310 g/mol. The maximum atomic E-state index is 11.5. The average Bonchev–Trinajstić information content (AvgIpc) is 2.48. The molecule has 1 aromatic carbocycles. The van der Waals surface area contributed by atoms with E-state index in [0.717, 1.165) is 37.8 Å². The van der Waals surface area contributed by atoms with Crippen molar-refractivity contribution in [1.82, 2.24) is 5.32 Å². The Bertz CT molecular complexity index is 532. The highest BCUT2D eigenvalue weighted by Crippen LogP contribution is 2.24. The van der Waals surface area contributed by atoms with Crippen molar-refractivity contribution in [3.63, 3.8) is 0 Å². The fourth-order valence-electron chi connectivity index (χ4n) is 2.78. The van der Waals surface area contributed by atoms with E-state index in [1.165, 1.54) is 25.5 Å². The summed E-state index contributed by atoms with van der Waals surface area (Å²) in [5, 5.41) is 3.50. The molecule has 0 atom stereocenters. The number of benzene rings is 1. The number of nitrogens with zero attached hydrogens (tertiary/aromatic N) is 1. The molecule has 118 valence electrons. The van der Waals surface area contributed by atoms with Gasteiger partial charge < -0.3 is 10.2 Å². The Hall–Kier alpha value is -1.07. The maximum Gasteiger partial charge on any atom is 0.175 e. The van der Waals surface area contributed by atoms with E-state index in [1.54, 1.807) is 12.1 Å². The van der Waals surface area contributed by atoms with Crippen LogP contribution in [0.4, 0.5) is 5.69 Å². The predicted molar refractivity (Wildman–Crippen MR) is 87.6 cm³/mol. The highest BCUT2D eigenvalue weighted by Gasteiger charge is 2.19. The molecule has 0 aromatic heterocycles. The standard InChI is InChI=1S/C16H26N2O2S/c1-3-10-17-13-14-8-11-18(12-9-14)15-4-6-16(7-5-15)21(2,19)20/h4-7,14,17H,3,8-13H2,1-2H3. The molecule has 0 bridgehead atoms. The highest BCUT2D eigenvalue weighted by molar-refractivity contribution is 7.90. The number of hydrogen-bond donors (Lipinski definition) is 1. The molecule has 0 spiro atoms. The van der Waals surface area contributed by atoms with E-state index >= 15 is 0 Å². The normalized spacial score (nSPS) is 17.1. The summed E-state index contributed by atoms with van der Waals surface area (Å²) in [6, 6.07) is 7.26. The molecule has 0 unspecified atom stereocenters. The van der Waals surface area contributed by atoms with Gasteiger partial charge >= 0.3 is 0 Å². The van der Waals surface area contributed by atoms with Crippen molar-refractivity contribution in [3.8, 4) is 0 Å². The summed E-state index contributed by atoms with van der Waals surface area (Å²) in [7, 11) is -3.10. The van der Waals surface area contributed by atoms with Gasteiger partial charge in [0.2, 0.25) is 0 Å². The SMILES string of the molecule is CCCNCC1CCN(c2ccc(S(C)(=O)=O)cc2)CC1. The van der Waals surface area contributed by atoms with Crippen molar-refractivity contribution < 1.29 is 8.42 Å². The minimum atomic E-state index is -3.10. The van der Waals surface area contributed by atoms with Gasteiger partial charge in [0.15, 0.2) is 9.84 Å². The lowest BCUT2D eigenvalue weighted by Gasteiger charge is -2.33. The van der Waals surface area contributed by atoms with E-state index in [-0.39, 0.29) is 0 Å². The Labute approximate surface area is 128 Å². The van der Waals surface area contributed by atoms with Crippen LogP contribution in [0, 0.1) is 5.92 Å². The Kier molecular flexibility index (Phi) is 5.65. The number of rotatable bonds is 6. The first-order chi connectivity index (χ1) is 10.0. The van der Waals surface area contributed by atoms with Gasteiger partial charge in [-0.1, -0.05) is 6.92 Å². The summed E-state index contributed by atoms with van der Waals surface area (Å²) < 4.78 is 22.9. The van der Waals surface area contributed by atoms with E-state index in [4.69, 9.17) is 0 Å². The molecular weight excluding hydrogens is 284 g/mol. The van der Waals surface area contributed by atoms with Gasteiger partial charge in [0.1, 0.15) is 0 Å². The zero-order chi connectivity index (χ0) is 15.3. The smallest absolute Gasteiger partial charge is 0.175 e. The molecule has 1 saturated heterocycles. The third-order valence-electron chi connectivity index (χ3n) is 4.10. The number of piperidine rings is 1. The molecule has 1 fully saturated rings. The van der Waals surface area contributed by atoms with Crippen molar-refractivity contribution in [2.45, 2.75) is 31.1 Å². The fraction of sp³-hybridized carbons (Fsp3) is 0.625. The van der Waals surface area contributed by atoms with Gasteiger partial charge in [0.05, 0.1) is 4.90 Å². The Morgan fingerprint density at radius 2 is 1.81 bits per heavy atom. The molecule has 1 heterocycles. The van der Waals surface area contributed by atoms with Crippen LogP contribution in [-0.4, -0.2) is 40.9 Å². The van der Waals surface area contributed by atoms with Crippen LogP contribution in [-0.2, 0) is 9.84 Å². The largest absolute Gasteiger partial charge is 0.372 e. The second-order valence-electron chi connectivity index (χ2n) is 5.90. The third kappa shape index (κ3) is 4.71. The van der Waals surface area contributed by atoms with Crippen LogP contribution in [0.15, 0.2) is 29.2 Å². The molecular formula is C16H26N2O2S. The third-order valence-corrected chi connectivity index (χ3v) is 5.23. The summed E-state index contributed by atoms with van der Waals surface area (Å²) in [6.07, 6.45) is 4.83. The van der Waals surface area contributed by atoms with Gasteiger partial charge in [-0.05, 0) is 62.5 Å². The van der Waals surface area contributed by atoms with Crippen LogP contribution in [0.1, 0.15) is 26.2 Å². The lowest BCUT2D eigenvalue weighted by molar-refractivity contribution is 0.383. The lowest BCUT2D eigenvalue weighted by atomic mass is 9.96. The van der Waals surface area contributed by atoms with E-state index in [1.807, 2.05) is 12.1 Å². The first kappa shape index (κ1) is 16.3. The molecule has 1 N–H and O–H groups in total. The zero-order valence-electron chi connectivity index (χ0n) is 13.0. The summed E-state index contributed by atoms with van der Waals surface area (Å²) in [5.41, 5.74) is 1.13. The van der Waals surface area contributed by atoms with Crippen LogP contribution < -0.4 is 10.2 Å². The number of hydrogen-bond acceptors (Lipinski definition) is 4. The quantitative estimate of drug-likeness (QED) is 0.819. The first-order valence-corrected chi connectivity index (χ1v) is 9.65. The van der Waals surface area contributed by atoms with Crippen LogP contribution in [0.2, 0.25) is 0 Å². The van der Waals surface area contributed by atoms with Crippen molar-refractivity contribution >= 4 is 15.5 Å². The topological polar surface area (TPSA) is 49.4 Å². The van der Waals surface area contributed by atoms with Gasteiger partial charge in [-0.3, -0.25) is 0 Å². The van der Waals surface area contributed by atoms with E-state index in [2.05, 4.69) is 17.1 Å². The Morgan fingerprint density at radius 3 is 2.33 bits per heavy atom. The predicted octanol–water partition coefficient (Wildman–Crippen LogP) is 2.31. The van der Waals surface area contributed by atoms with Crippen LogP contribution in [0.25, 0.3) is 0 Å². The fourth-order valence-corrected chi connectivity index (χ4v) is 3.41. The van der Waals surface area contributed by atoms with Crippen LogP contribution in [0.5, 0.6) is 0 Å². The lowest BCUT2D eigenvalue weighted by Crippen LogP contribution is -2.37. The zero-order valence-corrected chi connectivity index (χ0v) is 13.8. The Morgan fingerprint density at radius 1 is 1.19 bits per heavy atom. The van der Waals surface area contributed by atoms with Crippen molar-refractivity contribution in [1.29, 1.82) is 0 Å². The van der Waals surface area contributed by atoms with Gasteiger partial charge in [0.25, 0.3) is 0 Å². The van der Waals surface area contributed by atoms with Gasteiger partial charge in [-0.25, -0.2) is 8.42 Å². The molecule has 4 nitrogen and oxygen atoms in total. The van der Waals surface area contributed by atoms with Crippen molar-refractivity contribution in [2.75, 3.05) is 37.3 Å². The van der Waals surface area contributed by atoms with E-state index in [9.17, 15) is 8.42 Å². The minimum absolute atomic E-state index is 0.393. The Balaban J connectivity index is 1.87. The summed E-state index contributed by atoms with van der Waals surface area (Å²) in [4.78, 5) is 2.74. The number of anilines is 1. The highest BCUT2D eigenvalue weighted by atomic mass is 32.2. The first-order valence-electron chi connectivity index (χ1n) is 7.76. The molecule has 1 aromatic rings. The van der Waals surface area contributed by atoms with Crippen molar-refractivity contribution in [2.24, 2.45) is 5.92 Å². The second-order valence-corrected chi connectivity index (χ2v) is 7.92.